The molecule has 0 bridgehead atoms. The molecule has 2 N–H and O–H groups in total. The molecule has 4 rings (SSSR count). The van der Waals surface area contributed by atoms with Crippen LogP contribution in [0.25, 0.3) is 0 Å². The Hall–Kier alpha value is -3.74. The predicted molar refractivity (Wildman–Crippen MR) is 122 cm³/mol. The van der Waals surface area contributed by atoms with E-state index in [0.29, 0.717) is 29.0 Å². The minimum atomic E-state index is -0.324. The third kappa shape index (κ3) is 4.06. The van der Waals surface area contributed by atoms with Gasteiger partial charge < -0.3 is 10.6 Å². The number of benzene rings is 2. The fourth-order valence-corrected chi connectivity index (χ4v) is 4.58. The van der Waals surface area contributed by atoms with Crippen molar-refractivity contribution in [2.24, 2.45) is 17.8 Å². The third-order valence-electron chi connectivity index (χ3n) is 5.98. The van der Waals surface area contributed by atoms with Crippen LogP contribution in [0.1, 0.15) is 37.6 Å². The minimum absolute atomic E-state index is 0.0253. The molecule has 2 aromatic carbocycles. The van der Waals surface area contributed by atoms with E-state index in [4.69, 9.17) is 0 Å². The first-order valence-corrected chi connectivity index (χ1v) is 10.6. The quantitative estimate of drug-likeness (QED) is 0.565. The van der Waals surface area contributed by atoms with Crippen molar-refractivity contribution < 1.29 is 19.2 Å². The summed E-state index contributed by atoms with van der Waals surface area (Å²) in [5, 5.41) is 5.46. The lowest BCUT2D eigenvalue weighted by molar-refractivity contribution is -0.122. The zero-order valence-electron chi connectivity index (χ0n) is 18.2. The number of carbonyl (C=O) groups excluding carboxylic acids is 4. The average molecular weight is 431 g/mol. The van der Waals surface area contributed by atoms with Gasteiger partial charge in [0.05, 0.1) is 17.5 Å². The van der Waals surface area contributed by atoms with Gasteiger partial charge in [-0.15, -0.1) is 0 Å². The van der Waals surface area contributed by atoms with Gasteiger partial charge in [-0.25, -0.2) is 0 Å². The van der Waals surface area contributed by atoms with Gasteiger partial charge in [0.1, 0.15) is 0 Å². The molecule has 7 nitrogen and oxygen atoms in total. The van der Waals surface area contributed by atoms with Crippen LogP contribution in [0, 0.1) is 17.8 Å². The highest BCUT2D eigenvalue weighted by atomic mass is 16.2. The van der Waals surface area contributed by atoms with Crippen molar-refractivity contribution in [3.8, 4) is 0 Å². The Morgan fingerprint density at radius 2 is 1.50 bits per heavy atom. The number of carbonyl (C=O) groups is 4. The van der Waals surface area contributed by atoms with Crippen molar-refractivity contribution in [2.45, 2.75) is 27.2 Å². The van der Waals surface area contributed by atoms with E-state index in [9.17, 15) is 19.2 Å². The summed E-state index contributed by atoms with van der Waals surface area (Å²) in [6.07, 6.45) is 2.68. The van der Waals surface area contributed by atoms with E-state index in [1.54, 1.807) is 48.5 Å². The van der Waals surface area contributed by atoms with Crippen LogP contribution in [0.15, 0.2) is 60.2 Å². The number of hydrogen-bond donors (Lipinski definition) is 2. The van der Waals surface area contributed by atoms with Gasteiger partial charge >= 0.3 is 0 Å². The molecule has 4 amide bonds. The van der Waals surface area contributed by atoms with Gasteiger partial charge in [0.25, 0.3) is 5.91 Å². The Morgan fingerprint density at radius 1 is 0.906 bits per heavy atom. The lowest BCUT2D eigenvalue weighted by atomic mass is 9.76. The Morgan fingerprint density at radius 3 is 2.09 bits per heavy atom. The van der Waals surface area contributed by atoms with E-state index in [1.165, 1.54) is 11.8 Å². The number of imide groups is 1. The summed E-state index contributed by atoms with van der Waals surface area (Å²) in [4.78, 5) is 50.9. The van der Waals surface area contributed by atoms with Gasteiger partial charge in [-0.2, -0.15) is 0 Å². The molecule has 164 valence electrons. The monoisotopic (exact) mass is 431 g/mol. The topological polar surface area (TPSA) is 95.6 Å². The maximum absolute atomic E-state index is 13.0. The van der Waals surface area contributed by atoms with Crippen LogP contribution in [0.5, 0.6) is 0 Å². The summed E-state index contributed by atoms with van der Waals surface area (Å²) in [5.74, 6) is -1.44. The lowest BCUT2D eigenvalue weighted by Gasteiger charge is -2.25. The Bertz CT molecular complexity index is 1120. The molecule has 0 unspecified atom stereocenters. The maximum Gasteiger partial charge on any atom is 0.255 e. The fourth-order valence-electron chi connectivity index (χ4n) is 4.58. The Kier molecular flexibility index (Phi) is 5.65. The van der Waals surface area contributed by atoms with Crippen molar-refractivity contribution in [1.29, 1.82) is 0 Å². The summed E-state index contributed by atoms with van der Waals surface area (Å²) in [5.41, 5.74) is 3.25. The summed E-state index contributed by atoms with van der Waals surface area (Å²) >= 11 is 0. The van der Waals surface area contributed by atoms with Crippen LogP contribution in [0.4, 0.5) is 17.1 Å². The highest BCUT2D eigenvalue weighted by Gasteiger charge is 2.51. The summed E-state index contributed by atoms with van der Waals surface area (Å²) in [6, 6.07) is 13.2. The first-order valence-electron chi connectivity index (χ1n) is 10.6. The molecule has 7 heteroatoms. The molecule has 1 saturated heterocycles. The van der Waals surface area contributed by atoms with Crippen LogP contribution in [0.2, 0.25) is 0 Å². The Labute approximate surface area is 186 Å². The number of rotatable bonds is 4. The van der Waals surface area contributed by atoms with Gasteiger partial charge in [0.2, 0.25) is 17.7 Å². The number of nitrogens with one attached hydrogen (secondary N) is 2. The van der Waals surface area contributed by atoms with Gasteiger partial charge in [0.15, 0.2) is 0 Å². The van der Waals surface area contributed by atoms with E-state index >= 15 is 0 Å². The second kappa shape index (κ2) is 8.42. The number of hydrogen-bond acceptors (Lipinski definition) is 4. The van der Waals surface area contributed by atoms with Crippen LogP contribution >= 0.6 is 0 Å². The molecular formula is C25H25N3O4. The predicted octanol–water partition coefficient (Wildman–Crippen LogP) is 3.99. The number of anilines is 3. The molecule has 1 aliphatic carbocycles. The molecule has 0 saturated carbocycles. The van der Waals surface area contributed by atoms with Crippen molar-refractivity contribution in [3.05, 3.63) is 65.7 Å². The zero-order chi connectivity index (χ0) is 23.0. The van der Waals surface area contributed by atoms with Gasteiger partial charge in [-0.05, 0) is 67.8 Å². The van der Waals surface area contributed by atoms with E-state index in [0.717, 1.165) is 5.57 Å². The van der Waals surface area contributed by atoms with E-state index in [1.807, 2.05) is 13.8 Å². The van der Waals surface area contributed by atoms with Gasteiger partial charge in [-0.3, -0.25) is 24.1 Å². The van der Waals surface area contributed by atoms with Crippen LogP contribution < -0.4 is 15.5 Å². The number of nitrogens with zero attached hydrogens (tertiary/aromatic N) is 1. The van der Waals surface area contributed by atoms with E-state index in [-0.39, 0.29) is 41.4 Å². The molecule has 0 aromatic heterocycles. The van der Waals surface area contributed by atoms with Crippen molar-refractivity contribution in [3.63, 3.8) is 0 Å². The smallest absolute Gasteiger partial charge is 0.255 e. The molecule has 1 aliphatic heterocycles. The first-order chi connectivity index (χ1) is 15.2. The summed E-state index contributed by atoms with van der Waals surface area (Å²) < 4.78 is 0. The summed E-state index contributed by atoms with van der Waals surface area (Å²) in [7, 11) is 0. The molecular weight excluding hydrogens is 406 g/mol. The van der Waals surface area contributed by atoms with Crippen molar-refractivity contribution in [1.82, 2.24) is 0 Å². The van der Waals surface area contributed by atoms with E-state index < -0.39 is 0 Å². The summed E-state index contributed by atoms with van der Waals surface area (Å²) in [6.45, 7) is 5.40. The molecule has 1 heterocycles. The zero-order valence-corrected chi connectivity index (χ0v) is 18.2. The highest BCUT2D eigenvalue weighted by Crippen LogP contribution is 2.42. The molecule has 1 fully saturated rings. The fraction of sp³-hybridized carbons (Fsp3) is 0.280. The Balaban J connectivity index is 1.46. The minimum Gasteiger partial charge on any atom is -0.326 e. The second-order valence-corrected chi connectivity index (χ2v) is 8.48. The normalized spacial score (nSPS) is 22.3. The van der Waals surface area contributed by atoms with E-state index in [2.05, 4.69) is 16.7 Å². The van der Waals surface area contributed by atoms with Crippen LogP contribution in [-0.2, 0) is 14.4 Å². The molecule has 0 spiro atoms. The average Bonchev–Trinajstić information content (AvgIpc) is 2.99. The molecule has 2 aromatic rings. The lowest BCUT2D eigenvalue weighted by Crippen LogP contribution is -2.31. The van der Waals surface area contributed by atoms with Crippen molar-refractivity contribution >= 4 is 40.7 Å². The standard InChI is InChI=1S/C25H25N3O4/c1-14-12-15(2)22-21(13-14)24(31)28(25(22)32)20-10-4-17(5-11-20)23(30)27-19-8-6-18(7-9-19)26-16(3)29/h4-12,15,21-22H,13H2,1-3H3,(H,26,29)(H,27,30)/t15-,21-,22+/m1/s1. The molecule has 0 radical (unpaired) electrons. The van der Waals surface area contributed by atoms with Gasteiger partial charge in [0, 0.05) is 23.9 Å². The van der Waals surface area contributed by atoms with Gasteiger partial charge in [-0.1, -0.05) is 18.6 Å². The molecule has 2 aliphatic rings. The first kappa shape index (κ1) is 21.5. The SMILES string of the molecule is CC(=O)Nc1ccc(NC(=O)c2ccc(N3C(=O)[C@H]4[C@H](C)C=C(C)C[C@H]4C3=O)cc2)cc1. The molecule has 32 heavy (non-hydrogen) atoms. The largest absolute Gasteiger partial charge is 0.326 e. The maximum atomic E-state index is 13.0. The molecule has 3 atom stereocenters. The number of amides is 4. The number of fused-ring (bicyclic) bond motifs is 1. The van der Waals surface area contributed by atoms with Crippen molar-refractivity contribution in [2.75, 3.05) is 15.5 Å². The number of allylic oxidation sites excluding steroid dienone is 2. The highest BCUT2D eigenvalue weighted by molar-refractivity contribution is 6.22. The third-order valence-corrected chi connectivity index (χ3v) is 5.98. The van der Waals surface area contributed by atoms with Crippen LogP contribution in [0.3, 0.4) is 0 Å². The van der Waals surface area contributed by atoms with Crippen LogP contribution in [-0.4, -0.2) is 23.6 Å². The second-order valence-electron chi connectivity index (χ2n) is 8.48.